The summed E-state index contributed by atoms with van der Waals surface area (Å²) in [6.07, 6.45) is 1.95. The maximum absolute atomic E-state index is 13.2. The molecule has 0 saturated heterocycles. The second kappa shape index (κ2) is 5.26. The van der Waals surface area contributed by atoms with Crippen molar-refractivity contribution in [3.63, 3.8) is 0 Å². The lowest BCUT2D eigenvalue weighted by atomic mass is 10.1. The molecule has 2 rings (SSSR count). The van der Waals surface area contributed by atoms with Gasteiger partial charge in [0.05, 0.1) is 11.3 Å². The van der Waals surface area contributed by atoms with Gasteiger partial charge < -0.3 is 16.4 Å². The van der Waals surface area contributed by atoms with Crippen LogP contribution in [0.25, 0.3) is 0 Å². The van der Waals surface area contributed by atoms with Crippen molar-refractivity contribution in [3.8, 4) is 0 Å². The minimum Gasteiger partial charge on any atom is -0.396 e. The number of nitrogen functional groups attached to an aromatic ring is 1. The highest BCUT2D eigenvalue weighted by molar-refractivity contribution is 6.01. The molecular formula is C13H16FN3O2. The van der Waals surface area contributed by atoms with E-state index in [0.717, 1.165) is 12.8 Å². The number of hydrogen-bond donors (Lipinski definition) is 3. The minimum absolute atomic E-state index is 0.0334. The maximum Gasteiger partial charge on any atom is 0.254 e. The largest absolute Gasteiger partial charge is 0.396 e. The molecule has 6 heteroatoms. The Hall–Kier alpha value is -2.11. The zero-order valence-electron chi connectivity index (χ0n) is 10.6. The summed E-state index contributed by atoms with van der Waals surface area (Å²) in [7, 11) is 0. The van der Waals surface area contributed by atoms with Gasteiger partial charge in [-0.05, 0) is 31.9 Å². The van der Waals surface area contributed by atoms with Crippen molar-refractivity contribution in [2.24, 2.45) is 0 Å². The van der Waals surface area contributed by atoms with Gasteiger partial charge in [-0.25, -0.2) is 4.39 Å². The van der Waals surface area contributed by atoms with Gasteiger partial charge in [0, 0.05) is 6.04 Å². The van der Waals surface area contributed by atoms with Crippen molar-refractivity contribution in [1.29, 1.82) is 0 Å². The lowest BCUT2D eigenvalue weighted by Gasteiger charge is -2.14. The minimum atomic E-state index is -0.684. The third-order valence-electron chi connectivity index (χ3n) is 2.96. The highest BCUT2D eigenvalue weighted by Gasteiger charge is 2.26. The van der Waals surface area contributed by atoms with E-state index in [4.69, 9.17) is 5.73 Å². The van der Waals surface area contributed by atoms with Gasteiger partial charge in [0.25, 0.3) is 5.91 Å². The fourth-order valence-electron chi connectivity index (χ4n) is 1.63. The van der Waals surface area contributed by atoms with Crippen LogP contribution in [-0.4, -0.2) is 23.9 Å². The van der Waals surface area contributed by atoms with E-state index in [9.17, 15) is 14.0 Å². The Morgan fingerprint density at radius 3 is 2.74 bits per heavy atom. The molecule has 102 valence electrons. The van der Waals surface area contributed by atoms with Gasteiger partial charge in [0.1, 0.15) is 11.9 Å². The van der Waals surface area contributed by atoms with Crippen LogP contribution in [0.15, 0.2) is 18.2 Å². The quantitative estimate of drug-likeness (QED) is 0.704. The van der Waals surface area contributed by atoms with Crippen LogP contribution < -0.4 is 16.4 Å². The van der Waals surface area contributed by atoms with E-state index in [-0.39, 0.29) is 23.2 Å². The first-order valence-corrected chi connectivity index (χ1v) is 6.14. The summed E-state index contributed by atoms with van der Waals surface area (Å²) in [5.41, 5.74) is 5.31. The molecule has 4 N–H and O–H groups in total. The van der Waals surface area contributed by atoms with Crippen molar-refractivity contribution >= 4 is 17.5 Å². The van der Waals surface area contributed by atoms with Crippen LogP contribution in [0.1, 0.15) is 30.1 Å². The summed E-state index contributed by atoms with van der Waals surface area (Å²) in [5.74, 6) is -1.45. The average Bonchev–Trinajstić information content (AvgIpc) is 3.16. The van der Waals surface area contributed by atoms with Crippen molar-refractivity contribution in [2.45, 2.75) is 31.8 Å². The summed E-state index contributed by atoms with van der Waals surface area (Å²) in [6.45, 7) is 1.57. The lowest BCUT2D eigenvalue weighted by molar-refractivity contribution is -0.122. The monoisotopic (exact) mass is 265 g/mol. The molecule has 1 aliphatic rings. The first-order chi connectivity index (χ1) is 8.99. The normalized spacial score (nSPS) is 15.7. The number of benzene rings is 1. The smallest absolute Gasteiger partial charge is 0.254 e. The van der Waals surface area contributed by atoms with E-state index in [1.54, 1.807) is 6.92 Å². The Bertz CT molecular complexity index is 515. The second-order valence-electron chi connectivity index (χ2n) is 4.68. The molecule has 0 heterocycles. The number of amides is 2. The number of nitrogens with two attached hydrogens (primary N) is 1. The average molecular weight is 265 g/mol. The van der Waals surface area contributed by atoms with E-state index in [2.05, 4.69) is 10.6 Å². The molecular weight excluding hydrogens is 249 g/mol. The van der Waals surface area contributed by atoms with Crippen molar-refractivity contribution in [1.82, 2.24) is 10.6 Å². The Balaban J connectivity index is 1.99. The topological polar surface area (TPSA) is 84.2 Å². The number of nitrogens with one attached hydrogen (secondary N) is 2. The summed E-state index contributed by atoms with van der Waals surface area (Å²) in [5, 5.41) is 5.28. The van der Waals surface area contributed by atoms with Gasteiger partial charge in [-0.3, -0.25) is 9.59 Å². The molecule has 0 radical (unpaired) electrons. The third kappa shape index (κ3) is 3.21. The molecule has 1 aromatic carbocycles. The van der Waals surface area contributed by atoms with Gasteiger partial charge in [-0.2, -0.15) is 0 Å². The summed E-state index contributed by atoms with van der Waals surface area (Å²) in [4.78, 5) is 23.6. The van der Waals surface area contributed by atoms with E-state index >= 15 is 0 Å². The Morgan fingerprint density at radius 1 is 1.42 bits per heavy atom. The van der Waals surface area contributed by atoms with E-state index in [1.165, 1.54) is 18.2 Å². The molecule has 5 nitrogen and oxygen atoms in total. The van der Waals surface area contributed by atoms with Crippen LogP contribution in [0.5, 0.6) is 0 Å². The Kier molecular flexibility index (Phi) is 3.69. The van der Waals surface area contributed by atoms with Crippen LogP contribution in [0.4, 0.5) is 10.1 Å². The highest BCUT2D eigenvalue weighted by Crippen LogP contribution is 2.19. The predicted molar refractivity (Wildman–Crippen MR) is 68.9 cm³/mol. The van der Waals surface area contributed by atoms with Gasteiger partial charge in [0.2, 0.25) is 5.91 Å². The van der Waals surface area contributed by atoms with Crippen LogP contribution in [-0.2, 0) is 4.79 Å². The second-order valence-corrected chi connectivity index (χ2v) is 4.68. The highest BCUT2D eigenvalue weighted by atomic mass is 19.1. The molecule has 1 aliphatic carbocycles. The van der Waals surface area contributed by atoms with Crippen LogP contribution in [0.3, 0.4) is 0 Å². The SMILES string of the molecule is CC(NC(=O)c1cccc(F)c1N)C(=O)NC1CC1. The van der Waals surface area contributed by atoms with Gasteiger partial charge in [-0.15, -0.1) is 0 Å². The molecule has 1 aromatic rings. The lowest BCUT2D eigenvalue weighted by Crippen LogP contribution is -2.45. The zero-order chi connectivity index (χ0) is 14.0. The van der Waals surface area contributed by atoms with Crippen molar-refractivity contribution < 1.29 is 14.0 Å². The molecule has 1 atom stereocenters. The summed E-state index contributed by atoms with van der Waals surface area (Å²) in [6, 6.07) is 3.53. The van der Waals surface area contributed by atoms with E-state index in [1.807, 2.05) is 0 Å². The molecule has 0 spiro atoms. The first-order valence-electron chi connectivity index (χ1n) is 6.14. The standard InChI is InChI=1S/C13H16FN3O2/c1-7(12(18)17-8-5-6-8)16-13(19)9-3-2-4-10(14)11(9)15/h2-4,7-8H,5-6,15H2,1H3,(H,16,19)(H,17,18). The third-order valence-corrected chi connectivity index (χ3v) is 2.96. The molecule has 1 fully saturated rings. The fraction of sp³-hybridized carbons (Fsp3) is 0.385. The van der Waals surface area contributed by atoms with Crippen molar-refractivity contribution in [3.05, 3.63) is 29.6 Å². The number of rotatable bonds is 4. The van der Waals surface area contributed by atoms with E-state index in [0.29, 0.717) is 0 Å². The number of hydrogen-bond acceptors (Lipinski definition) is 3. The predicted octanol–water partition coefficient (Wildman–Crippen LogP) is 0.805. The number of halogens is 1. The molecule has 1 saturated carbocycles. The number of para-hydroxylation sites is 1. The fourth-order valence-corrected chi connectivity index (χ4v) is 1.63. The molecule has 0 aromatic heterocycles. The molecule has 19 heavy (non-hydrogen) atoms. The van der Waals surface area contributed by atoms with Gasteiger partial charge in [-0.1, -0.05) is 6.07 Å². The van der Waals surface area contributed by atoms with Gasteiger partial charge >= 0.3 is 0 Å². The maximum atomic E-state index is 13.2. The Morgan fingerprint density at radius 2 is 2.11 bits per heavy atom. The van der Waals surface area contributed by atoms with E-state index < -0.39 is 17.8 Å². The number of carbonyl (C=O) groups excluding carboxylic acids is 2. The van der Waals surface area contributed by atoms with Crippen LogP contribution in [0.2, 0.25) is 0 Å². The Labute approximate surface area is 110 Å². The zero-order valence-corrected chi connectivity index (χ0v) is 10.6. The first kappa shape index (κ1) is 13.3. The summed E-state index contributed by atoms with van der Waals surface area (Å²) < 4.78 is 13.2. The van der Waals surface area contributed by atoms with Crippen molar-refractivity contribution in [2.75, 3.05) is 5.73 Å². The molecule has 0 aliphatic heterocycles. The molecule has 0 bridgehead atoms. The molecule has 1 unspecified atom stereocenters. The van der Waals surface area contributed by atoms with Crippen LogP contribution in [0, 0.1) is 5.82 Å². The van der Waals surface area contributed by atoms with Crippen LogP contribution >= 0.6 is 0 Å². The number of carbonyl (C=O) groups is 2. The summed E-state index contributed by atoms with van der Waals surface area (Å²) >= 11 is 0. The number of anilines is 1. The molecule has 2 amide bonds. The van der Waals surface area contributed by atoms with Gasteiger partial charge in [0.15, 0.2) is 0 Å².